The summed E-state index contributed by atoms with van der Waals surface area (Å²) in [7, 11) is 0. The van der Waals surface area contributed by atoms with Gasteiger partial charge in [-0.2, -0.15) is 0 Å². The standard InChI is InChI=1S/C14H18N2O3/c1-14(2,19)8-15-13(18)10-3-5-11-9(7-10)4-6-12(17)16-11/h3,5,7,19H,4,6,8H2,1-2H3,(H,15,18)(H,16,17). The molecular formula is C14H18N2O3. The fourth-order valence-corrected chi connectivity index (χ4v) is 1.92. The Labute approximate surface area is 112 Å². The fraction of sp³-hybridized carbons (Fsp3) is 0.429. The topological polar surface area (TPSA) is 78.4 Å². The van der Waals surface area contributed by atoms with Crippen molar-refractivity contribution in [1.82, 2.24) is 5.32 Å². The number of rotatable bonds is 3. The molecule has 19 heavy (non-hydrogen) atoms. The number of hydrogen-bond acceptors (Lipinski definition) is 3. The largest absolute Gasteiger partial charge is 0.389 e. The maximum absolute atomic E-state index is 11.9. The second-order valence-electron chi connectivity index (χ2n) is 5.42. The fourth-order valence-electron chi connectivity index (χ4n) is 1.92. The minimum atomic E-state index is -0.933. The van der Waals surface area contributed by atoms with Crippen molar-refractivity contribution >= 4 is 17.5 Å². The number of aryl methyl sites for hydroxylation is 1. The van der Waals surface area contributed by atoms with E-state index in [2.05, 4.69) is 10.6 Å². The van der Waals surface area contributed by atoms with Crippen molar-refractivity contribution in [2.45, 2.75) is 32.3 Å². The van der Waals surface area contributed by atoms with Crippen LogP contribution in [0.15, 0.2) is 18.2 Å². The summed E-state index contributed by atoms with van der Waals surface area (Å²) in [5.41, 5.74) is 1.35. The number of nitrogens with one attached hydrogen (secondary N) is 2. The third kappa shape index (κ3) is 3.54. The molecule has 1 aliphatic heterocycles. The first kappa shape index (κ1) is 13.5. The maximum Gasteiger partial charge on any atom is 0.251 e. The van der Waals surface area contributed by atoms with E-state index < -0.39 is 5.60 Å². The smallest absolute Gasteiger partial charge is 0.251 e. The lowest BCUT2D eigenvalue weighted by Gasteiger charge is -2.19. The highest BCUT2D eigenvalue weighted by Crippen LogP contribution is 2.23. The van der Waals surface area contributed by atoms with E-state index in [-0.39, 0.29) is 18.4 Å². The molecular weight excluding hydrogens is 244 g/mol. The summed E-state index contributed by atoms with van der Waals surface area (Å²) in [6.45, 7) is 3.46. The summed E-state index contributed by atoms with van der Waals surface area (Å²) < 4.78 is 0. The molecule has 0 aliphatic carbocycles. The van der Waals surface area contributed by atoms with E-state index in [1.54, 1.807) is 32.0 Å². The van der Waals surface area contributed by atoms with Gasteiger partial charge in [0.2, 0.25) is 5.91 Å². The Bertz CT molecular complexity index is 518. The second-order valence-corrected chi connectivity index (χ2v) is 5.42. The van der Waals surface area contributed by atoms with Gasteiger partial charge in [0, 0.05) is 24.2 Å². The molecule has 3 N–H and O–H groups in total. The molecule has 1 aromatic carbocycles. The van der Waals surface area contributed by atoms with E-state index in [1.807, 2.05) is 0 Å². The Balaban J connectivity index is 2.09. The van der Waals surface area contributed by atoms with E-state index in [9.17, 15) is 14.7 Å². The lowest BCUT2D eigenvalue weighted by Crippen LogP contribution is -2.38. The first-order valence-corrected chi connectivity index (χ1v) is 6.28. The van der Waals surface area contributed by atoms with Gasteiger partial charge in [-0.15, -0.1) is 0 Å². The highest BCUT2D eigenvalue weighted by atomic mass is 16.3. The molecule has 0 aromatic heterocycles. The monoisotopic (exact) mass is 262 g/mol. The Morgan fingerprint density at radius 2 is 2.16 bits per heavy atom. The number of aliphatic hydroxyl groups is 1. The molecule has 0 atom stereocenters. The second kappa shape index (κ2) is 5.01. The van der Waals surface area contributed by atoms with Gasteiger partial charge in [0.05, 0.1) is 5.60 Å². The Morgan fingerprint density at radius 1 is 1.42 bits per heavy atom. The average Bonchev–Trinajstić information content (AvgIpc) is 2.34. The highest BCUT2D eigenvalue weighted by molar-refractivity contribution is 5.97. The van der Waals surface area contributed by atoms with Gasteiger partial charge in [-0.1, -0.05) is 0 Å². The molecule has 1 heterocycles. The van der Waals surface area contributed by atoms with Gasteiger partial charge in [-0.05, 0) is 44.0 Å². The number of carbonyl (C=O) groups is 2. The number of fused-ring (bicyclic) bond motifs is 1. The van der Waals surface area contributed by atoms with Gasteiger partial charge >= 0.3 is 0 Å². The third-order valence-corrected chi connectivity index (χ3v) is 2.94. The van der Waals surface area contributed by atoms with E-state index in [4.69, 9.17) is 0 Å². The van der Waals surface area contributed by atoms with Crippen LogP contribution in [-0.4, -0.2) is 29.1 Å². The van der Waals surface area contributed by atoms with Crippen molar-refractivity contribution in [2.24, 2.45) is 0 Å². The van der Waals surface area contributed by atoms with E-state index in [0.717, 1.165) is 11.3 Å². The van der Waals surface area contributed by atoms with Gasteiger partial charge in [0.25, 0.3) is 5.91 Å². The number of carbonyl (C=O) groups excluding carboxylic acids is 2. The highest BCUT2D eigenvalue weighted by Gasteiger charge is 2.18. The van der Waals surface area contributed by atoms with Crippen molar-refractivity contribution in [2.75, 3.05) is 11.9 Å². The van der Waals surface area contributed by atoms with Crippen molar-refractivity contribution < 1.29 is 14.7 Å². The number of amides is 2. The molecule has 0 fully saturated rings. The Morgan fingerprint density at radius 3 is 2.84 bits per heavy atom. The summed E-state index contributed by atoms with van der Waals surface area (Å²) in [4.78, 5) is 23.2. The van der Waals surface area contributed by atoms with Crippen LogP contribution >= 0.6 is 0 Å². The van der Waals surface area contributed by atoms with Crippen LogP contribution in [0.3, 0.4) is 0 Å². The van der Waals surface area contributed by atoms with Crippen LogP contribution in [0.5, 0.6) is 0 Å². The van der Waals surface area contributed by atoms with Crippen LogP contribution in [0, 0.1) is 0 Å². The quantitative estimate of drug-likeness (QED) is 0.762. The van der Waals surface area contributed by atoms with E-state index >= 15 is 0 Å². The zero-order valence-corrected chi connectivity index (χ0v) is 11.1. The summed E-state index contributed by atoms with van der Waals surface area (Å²) in [5.74, 6) is -0.214. The van der Waals surface area contributed by atoms with Gasteiger partial charge in [-0.3, -0.25) is 9.59 Å². The minimum absolute atomic E-state index is 0.00623. The molecule has 1 aliphatic rings. The molecule has 0 saturated carbocycles. The Kier molecular flexibility index (Phi) is 3.57. The number of hydrogen-bond donors (Lipinski definition) is 3. The molecule has 0 saturated heterocycles. The van der Waals surface area contributed by atoms with Gasteiger partial charge in [0.1, 0.15) is 0 Å². The summed E-state index contributed by atoms with van der Waals surface area (Å²) in [5, 5.41) is 15.0. The summed E-state index contributed by atoms with van der Waals surface area (Å²) in [6, 6.07) is 5.20. The molecule has 5 heteroatoms. The molecule has 5 nitrogen and oxygen atoms in total. The molecule has 102 valence electrons. The predicted octanol–water partition coefficient (Wildman–Crippen LogP) is 1.07. The van der Waals surface area contributed by atoms with Crippen LogP contribution in [-0.2, 0) is 11.2 Å². The lowest BCUT2D eigenvalue weighted by molar-refractivity contribution is -0.116. The molecule has 1 aromatic rings. The predicted molar refractivity (Wildman–Crippen MR) is 72.0 cm³/mol. The van der Waals surface area contributed by atoms with Crippen LogP contribution in [0.4, 0.5) is 5.69 Å². The van der Waals surface area contributed by atoms with Gasteiger partial charge in [-0.25, -0.2) is 0 Å². The molecule has 0 spiro atoms. The first-order valence-electron chi connectivity index (χ1n) is 6.28. The Hall–Kier alpha value is -1.88. The first-order chi connectivity index (χ1) is 8.85. The van der Waals surface area contributed by atoms with Gasteiger partial charge in [0.15, 0.2) is 0 Å². The van der Waals surface area contributed by atoms with Crippen molar-refractivity contribution in [3.63, 3.8) is 0 Å². The van der Waals surface area contributed by atoms with Crippen LogP contribution in [0.25, 0.3) is 0 Å². The summed E-state index contributed by atoms with van der Waals surface area (Å²) >= 11 is 0. The number of anilines is 1. The zero-order chi connectivity index (χ0) is 14.0. The van der Waals surface area contributed by atoms with Gasteiger partial charge < -0.3 is 15.7 Å². The third-order valence-electron chi connectivity index (χ3n) is 2.94. The van der Waals surface area contributed by atoms with Crippen LogP contribution in [0.2, 0.25) is 0 Å². The van der Waals surface area contributed by atoms with E-state index in [1.165, 1.54) is 0 Å². The van der Waals surface area contributed by atoms with Crippen LogP contribution in [0.1, 0.15) is 36.2 Å². The number of benzene rings is 1. The minimum Gasteiger partial charge on any atom is -0.389 e. The maximum atomic E-state index is 11.9. The summed E-state index contributed by atoms with van der Waals surface area (Å²) in [6.07, 6.45) is 1.09. The molecule has 0 unspecified atom stereocenters. The SMILES string of the molecule is CC(C)(O)CNC(=O)c1ccc2c(c1)CCC(=O)N2. The van der Waals surface area contributed by atoms with Crippen LogP contribution < -0.4 is 10.6 Å². The zero-order valence-electron chi connectivity index (χ0n) is 11.1. The normalized spacial score (nSPS) is 14.6. The molecule has 0 bridgehead atoms. The lowest BCUT2D eigenvalue weighted by atomic mass is 10.00. The molecule has 0 radical (unpaired) electrons. The molecule has 2 amide bonds. The average molecular weight is 262 g/mol. The van der Waals surface area contributed by atoms with E-state index in [0.29, 0.717) is 18.4 Å². The van der Waals surface area contributed by atoms with Crippen molar-refractivity contribution in [3.8, 4) is 0 Å². The van der Waals surface area contributed by atoms with Crippen molar-refractivity contribution in [3.05, 3.63) is 29.3 Å². The van der Waals surface area contributed by atoms with Crippen molar-refractivity contribution in [1.29, 1.82) is 0 Å². The molecule has 2 rings (SSSR count).